The smallest absolute Gasteiger partial charge is 0.410 e. The number of nitrogens with two attached hydrogens (primary N) is 1. The van der Waals surface area contributed by atoms with Gasteiger partial charge < -0.3 is 20.3 Å². The highest BCUT2D eigenvalue weighted by molar-refractivity contribution is 5.74. The number of aromatic nitrogens is 2. The summed E-state index contributed by atoms with van der Waals surface area (Å²) in [5.41, 5.74) is 11.8. The van der Waals surface area contributed by atoms with Crippen LogP contribution in [0.2, 0.25) is 0 Å². The van der Waals surface area contributed by atoms with Gasteiger partial charge in [-0.3, -0.25) is 0 Å². The number of aryl methyl sites for hydroxylation is 1. The van der Waals surface area contributed by atoms with E-state index in [0.29, 0.717) is 25.6 Å². The molecule has 3 aliphatic rings. The number of hydrogen-bond acceptors (Lipinski definition) is 6. The molecule has 2 aromatic rings. The fraction of sp³-hybridized carbons (Fsp3) is 0.593. The number of fused-ring (bicyclic) bond motifs is 3. The van der Waals surface area contributed by atoms with Crippen LogP contribution in [0.5, 0.6) is 0 Å². The Bertz CT molecular complexity index is 1080. The summed E-state index contributed by atoms with van der Waals surface area (Å²) in [7, 11) is 0. The molecule has 1 unspecified atom stereocenters. The van der Waals surface area contributed by atoms with Crippen LogP contribution in [0.4, 0.5) is 16.3 Å². The zero-order valence-corrected chi connectivity index (χ0v) is 20.9. The standard InChI is InChI=1S/C27H37N5O2/c1-18-5-7-21-23(18)24(30-17-29-21)32-16-27(20-15-19(9-12-28)6-8-22(20)32)10-13-31(14-11-27)25(33)34-26(2,3)4/h6,8,15,17-18H,5,7,9-14,16,28H2,1-4H3. The lowest BCUT2D eigenvalue weighted by molar-refractivity contribution is 0.0171. The van der Waals surface area contributed by atoms with E-state index in [1.807, 2.05) is 25.7 Å². The summed E-state index contributed by atoms with van der Waals surface area (Å²) in [4.78, 5) is 26.4. The number of benzene rings is 1. The van der Waals surface area contributed by atoms with Crippen LogP contribution >= 0.6 is 0 Å². The van der Waals surface area contributed by atoms with Crippen LogP contribution in [0.15, 0.2) is 24.5 Å². The molecule has 2 aliphatic heterocycles. The number of rotatable bonds is 3. The molecule has 34 heavy (non-hydrogen) atoms. The summed E-state index contributed by atoms with van der Waals surface area (Å²) in [5, 5.41) is 0. The van der Waals surface area contributed by atoms with Crippen molar-refractivity contribution >= 4 is 17.6 Å². The van der Waals surface area contributed by atoms with Gasteiger partial charge in [-0.25, -0.2) is 14.8 Å². The van der Waals surface area contributed by atoms with Gasteiger partial charge in [0.2, 0.25) is 0 Å². The lowest BCUT2D eigenvalue weighted by Crippen LogP contribution is -2.48. The highest BCUT2D eigenvalue weighted by atomic mass is 16.6. The van der Waals surface area contributed by atoms with Crippen molar-refractivity contribution in [3.63, 3.8) is 0 Å². The van der Waals surface area contributed by atoms with Crippen LogP contribution in [-0.2, 0) is 23.0 Å². The predicted molar refractivity (Wildman–Crippen MR) is 134 cm³/mol. The zero-order valence-electron chi connectivity index (χ0n) is 20.9. The summed E-state index contributed by atoms with van der Waals surface area (Å²) in [6.45, 7) is 11.0. The topological polar surface area (TPSA) is 84.6 Å². The van der Waals surface area contributed by atoms with Crippen LogP contribution in [0, 0.1) is 0 Å². The Kier molecular flexibility index (Phi) is 5.79. The molecule has 1 atom stereocenters. The van der Waals surface area contributed by atoms with Crippen LogP contribution in [-0.4, -0.2) is 52.7 Å². The predicted octanol–water partition coefficient (Wildman–Crippen LogP) is 4.45. The van der Waals surface area contributed by atoms with Gasteiger partial charge in [0.05, 0.1) is 0 Å². The Morgan fingerprint density at radius 1 is 1.24 bits per heavy atom. The van der Waals surface area contributed by atoms with Crippen LogP contribution in [0.25, 0.3) is 0 Å². The SMILES string of the molecule is CC1CCc2ncnc(N3CC4(CCN(C(=O)OC(C)(C)C)CC4)c4cc(CCN)ccc43)c21. The summed E-state index contributed by atoms with van der Waals surface area (Å²) in [5.74, 6) is 1.53. The quantitative estimate of drug-likeness (QED) is 0.724. The van der Waals surface area contributed by atoms with Gasteiger partial charge in [-0.2, -0.15) is 0 Å². The molecule has 5 rings (SSSR count). The van der Waals surface area contributed by atoms with E-state index in [-0.39, 0.29) is 11.5 Å². The molecule has 1 spiro atoms. The summed E-state index contributed by atoms with van der Waals surface area (Å²) in [6, 6.07) is 6.82. The van der Waals surface area contributed by atoms with Crippen LogP contribution < -0.4 is 10.6 Å². The van der Waals surface area contributed by atoms with Gasteiger partial charge >= 0.3 is 6.09 Å². The Morgan fingerprint density at radius 3 is 2.71 bits per heavy atom. The van der Waals surface area contributed by atoms with E-state index in [1.54, 1.807) is 6.33 Å². The number of hydrogen-bond donors (Lipinski definition) is 1. The van der Waals surface area contributed by atoms with Crippen molar-refractivity contribution in [3.8, 4) is 0 Å². The normalized spacial score (nSPS) is 21.0. The van der Waals surface area contributed by atoms with Crippen molar-refractivity contribution in [3.05, 3.63) is 46.9 Å². The first-order valence-electron chi connectivity index (χ1n) is 12.6. The fourth-order valence-corrected chi connectivity index (χ4v) is 5.94. The van der Waals surface area contributed by atoms with Gasteiger partial charge in [0.15, 0.2) is 0 Å². The monoisotopic (exact) mass is 463 g/mol. The molecule has 1 aliphatic carbocycles. The molecule has 182 valence electrons. The summed E-state index contributed by atoms with van der Waals surface area (Å²) < 4.78 is 5.65. The van der Waals surface area contributed by atoms with Crippen molar-refractivity contribution in [2.75, 3.05) is 31.1 Å². The Morgan fingerprint density at radius 2 is 2.00 bits per heavy atom. The maximum absolute atomic E-state index is 12.7. The molecule has 1 aromatic carbocycles. The van der Waals surface area contributed by atoms with Crippen molar-refractivity contribution in [1.29, 1.82) is 0 Å². The molecule has 7 nitrogen and oxygen atoms in total. The third-order valence-electron chi connectivity index (χ3n) is 7.70. The molecular weight excluding hydrogens is 426 g/mol. The average Bonchev–Trinajstić information content (AvgIpc) is 3.32. The van der Waals surface area contributed by atoms with E-state index in [9.17, 15) is 4.79 Å². The first kappa shape index (κ1) is 23.1. The molecule has 1 fully saturated rings. The molecular formula is C27H37N5O2. The minimum atomic E-state index is -0.482. The largest absolute Gasteiger partial charge is 0.444 e. The second kappa shape index (κ2) is 8.52. The Balaban J connectivity index is 1.48. The number of carbonyl (C=O) groups is 1. The zero-order chi connectivity index (χ0) is 24.1. The van der Waals surface area contributed by atoms with E-state index in [2.05, 4.69) is 35.0 Å². The average molecular weight is 464 g/mol. The van der Waals surface area contributed by atoms with Gasteiger partial charge in [-0.05, 0) is 82.5 Å². The second-order valence-corrected chi connectivity index (χ2v) is 11.2. The van der Waals surface area contributed by atoms with Crippen LogP contribution in [0.3, 0.4) is 0 Å². The maximum Gasteiger partial charge on any atom is 0.410 e. The molecule has 1 aromatic heterocycles. The molecule has 0 saturated carbocycles. The van der Waals surface area contributed by atoms with E-state index < -0.39 is 5.60 Å². The number of amides is 1. The van der Waals surface area contributed by atoms with Crippen molar-refractivity contribution in [2.45, 2.75) is 76.7 Å². The minimum Gasteiger partial charge on any atom is -0.444 e. The van der Waals surface area contributed by atoms with E-state index in [0.717, 1.165) is 44.5 Å². The Labute approximate surface area is 202 Å². The highest BCUT2D eigenvalue weighted by Gasteiger charge is 2.47. The molecule has 0 bridgehead atoms. The molecule has 7 heteroatoms. The summed E-state index contributed by atoms with van der Waals surface area (Å²) >= 11 is 0. The van der Waals surface area contributed by atoms with Crippen molar-refractivity contribution in [1.82, 2.24) is 14.9 Å². The van der Waals surface area contributed by atoms with Crippen molar-refractivity contribution < 1.29 is 9.53 Å². The van der Waals surface area contributed by atoms with E-state index >= 15 is 0 Å². The number of piperidine rings is 1. The Hall–Kier alpha value is -2.67. The molecule has 1 amide bonds. The van der Waals surface area contributed by atoms with Gasteiger partial charge in [0, 0.05) is 42.0 Å². The number of ether oxygens (including phenoxy) is 1. The van der Waals surface area contributed by atoms with Gasteiger partial charge in [0.25, 0.3) is 0 Å². The van der Waals surface area contributed by atoms with Gasteiger partial charge in [-0.1, -0.05) is 19.1 Å². The lowest BCUT2D eigenvalue weighted by Gasteiger charge is -2.40. The third-order valence-corrected chi connectivity index (χ3v) is 7.70. The highest BCUT2D eigenvalue weighted by Crippen LogP contribution is 2.51. The van der Waals surface area contributed by atoms with Crippen LogP contribution in [0.1, 0.15) is 75.3 Å². The fourth-order valence-electron chi connectivity index (χ4n) is 5.94. The lowest BCUT2D eigenvalue weighted by atomic mass is 9.74. The second-order valence-electron chi connectivity index (χ2n) is 11.2. The number of carbonyl (C=O) groups excluding carboxylic acids is 1. The molecule has 1 saturated heterocycles. The van der Waals surface area contributed by atoms with E-state index in [4.69, 9.17) is 15.5 Å². The number of nitrogens with zero attached hydrogens (tertiary/aromatic N) is 4. The minimum absolute atomic E-state index is 0.0157. The molecule has 3 heterocycles. The van der Waals surface area contributed by atoms with E-state index in [1.165, 1.54) is 28.1 Å². The van der Waals surface area contributed by atoms with Gasteiger partial charge in [-0.15, -0.1) is 0 Å². The summed E-state index contributed by atoms with van der Waals surface area (Å²) in [6.07, 6.45) is 6.36. The number of anilines is 2. The first-order valence-corrected chi connectivity index (χ1v) is 12.6. The molecule has 0 radical (unpaired) electrons. The number of likely N-dealkylation sites (tertiary alicyclic amines) is 1. The molecule has 2 N–H and O–H groups in total. The van der Waals surface area contributed by atoms with Gasteiger partial charge in [0.1, 0.15) is 17.7 Å². The first-order chi connectivity index (χ1) is 16.2. The third kappa shape index (κ3) is 4.04. The maximum atomic E-state index is 12.7. The van der Waals surface area contributed by atoms with Crippen molar-refractivity contribution in [2.24, 2.45) is 5.73 Å².